The number of rotatable bonds is 7. The Morgan fingerprint density at radius 1 is 0.848 bits per heavy atom. The van der Waals surface area contributed by atoms with Crippen LogP contribution in [-0.2, 0) is 19.4 Å². The number of ether oxygens (including phenoxy) is 1. The van der Waals surface area contributed by atoms with Crippen LogP contribution in [0.15, 0.2) is 89.8 Å². The van der Waals surface area contributed by atoms with Crippen molar-refractivity contribution in [3.05, 3.63) is 90.5 Å². The first-order valence-electron chi connectivity index (χ1n) is 10.5. The molecule has 4 rings (SSSR count). The molecule has 6 nitrogen and oxygen atoms in total. The highest BCUT2D eigenvalue weighted by Crippen LogP contribution is 2.28. The van der Waals surface area contributed by atoms with E-state index in [0.717, 1.165) is 21.5 Å². The molecule has 0 bridgehead atoms. The summed E-state index contributed by atoms with van der Waals surface area (Å²) < 4.78 is 30.2. The van der Waals surface area contributed by atoms with Crippen LogP contribution in [0, 0.1) is 0 Å². The average molecular weight is 462 g/mol. The maximum absolute atomic E-state index is 13.4. The van der Waals surface area contributed by atoms with Gasteiger partial charge in [0.1, 0.15) is 6.04 Å². The molecule has 4 aromatic rings. The number of methoxy groups -OCH3 is 1. The molecule has 1 amide bonds. The van der Waals surface area contributed by atoms with Crippen LogP contribution in [0.3, 0.4) is 0 Å². The fourth-order valence-corrected chi connectivity index (χ4v) is 5.25. The second-order valence-corrected chi connectivity index (χ2v) is 9.77. The van der Waals surface area contributed by atoms with Crippen LogP contribution in [0.2, 0.25) is 0 Å². The number of benzene rings is 4. The zero-order valence-corrected chi connectivity index (χ0v) is 18.8. The Kier molecular flexibility index (Phi) is 6.42. The van der Waals surface area contributed by atoms with E-state index in [9.17, 15) is 18.0 Å². The van der Waals surface area contributed by atoms with Gasteiger partial charge in [0, 0.05) is 0 Å². The van der Waals surface area contributed by atoms with E-state index in [4.69, 9.17) is 4.74 Å². The molecule has 7 heteroatoms. The number of fused-ring (bicyclic) bond motifs is 2. The third-order valence-electron chi connectivity index (χ3n) is 5.57. The van der Waals surface area contributed by atoms with Crippen molar-refractivity contribution in [2.24, 2.45) is 0 Å². The molecular formula is C26H23NO5S. The van der Waals surface area contributed by atoms with Crippen molar-refractivity contribution in [3.63, 3.8) is 0 Å². The summed E-state index contributed by atoms with van der Waals surface area (Å²) in [4.78, 5) is 26.0. The predicted molar refractivity (Wildman–Crippen MR) is 128 cm³/mol. The molecule has 0 heterocycles. The Balaban J connectivity index is 1.66. The van der Waals surface area contributed by atoms with Gasteiger partial charge in [0.2, 0.25) is 0 Å². The molecule has 0 saturated carbocycles. The maximum Gasteiger partial charge on any atom is 0.328 e. The third-order valence-corrected chi connectivity index (χ3v) is 7.33. The third kappa shape index (κ3) is 4.73. The molecule has 0 radical (unpaired) electrons. The highest BCUT2D eigenvalue weighted by atomic mass is 32.2. The van der Waals surface area contributed by atoms with Gasteiger partial charge in [-0.1, -0.05) is 66.7 Å². The Morgan fingerprint density at radius 2 is 1.39 bits per heavy atom. The average Bonchev–Trinajstić information content (AvgIpc) is 2.84. The number of sulfone groups is 1. The van der Waals surface area contributed by atoms with Crippen LogP contribution in [0.4, 0.5) is 0 Å². The minimum atomic E-state index is -3.63. The van der Waals surface area contributed by atoms with Gasteiger partial charge < -0.3 is 10.1 Å². The van der Waals surface area contributed by atoms with Crippen LogP contribution >= 0.6 is 0 Å². The van der Waals surface area contributed by atoms with Crippen molar-refractivity contribution in [1.29, 1.82) is 0 Å². The van der Waals surface area contributed by atoms with Crippen molar-refractivity contribution < 1.29 is 22.7 Å². The van der Waals surface area contributed by atoms with E-state index in [2.05, 4.69) is 5.32 Å². The Labute approximate surface area is 192 Å². The molecule has 0 aromatic heterocycles. The van der Waals surface area contributed by atoms with Crippen molar-refractivity contribution >= 4 is 43.3 Å². The lowest BCUT2D eigenvalue weighted by molar-refractivity contribution is -0.142. The fraction of sp³-hybridized carbons (Fsp3) is 0.154. The van der Waals surface area contributed by atoms with E-state index in [1.165, 1.54) is 19.2 Å². The van der Waals surface area contributed by atoms with E-state index in [1.54, 1.807) is 18.2 Å². The molecule has 1 N–H and O–H groups in total. The molecule has 0 fully saturated rings. The summed E-state index contributed by atoms with van der Waals surface area (Å²) in [6, 6.07) is 23.9. The highest BCUT2D eigenvalue weighted by Gasteiger charge is 2.27. The number of hydrogen-bond acceptors (Lipinski definition) is 5. The van der Waals surface area contributed by atoms with Crippen molar-refractivity contribution in [1.82, 2.24) is 5.32 Å². The molecule has 0 aliphatic carbocycles. The molecule has 1 atom stereocenters. The van der Waals surface area contributed by atoms with E-state index < -0.39 is 27.8 Å². The van der Waals surface area contributed by atoms with Gasteiger partial charge in [-0.3, -0.25) is 4.79 Å². The summed E-state index contributed by atoms with van der Waals surface area (Å²) in [7, 11) is -2.42. The van der Waals surface area contributed by atoms with Crippen LogP contribution in [0.25, 0.3) is 21.5 Å². The summed E-state index contributed by atoms with van der Waals surface area (Å²) in [5, 5.41) is 5.99. The number of nitrogens with one attached hydrogen (secondary N) is 1. The van der Waals surface area contributed by atoms with Gasteiger partial charge >= 0.3 is 5.97 Å². The number of amides is 1. The van der Waals surface area contributed by atoms with Gasteiger partial charge in [-0.15, -0.1) is 0 Å². The van der Waals surface area contributed by atoms with E-state index in [0.29, 0.717) is 5.56 Å². The van der Waals surface area contributed by atoms with E-state index in [1.807, 2.05) is 54.6 Å². The maximum atomic E-state index is 13.4. The molecule has 33 heavy (non-hydrogen) atoms. The van der Waals surface area contributed by atoms with Gasteiger partial charge in [0.25, 0.3) is 5.91 Å². The highest BCUT2D eigenvalue weighted by molar-refractivity contribution is 7.91. The zero-order valence-electron chi connectivity index (χ0n) is 18.0. The van der Waals surface area contributed by atoms with Crippen molar-refractivity contribution in [3.8, 4) is 0 Å². The van der Waals surface area contributed by atoms with Crippen LogP contribution in [0.1, 0.15) is 16.8 Å². The largest absolute Gasteiger partial charge is 0.467 e. The first kappa shape index (κ1) is 22.5. The summed E-state index contributed by atoms with van der Waals surface area (Å²) in [5.41, 5.74) is 0.434. The first-order valence-corrected chi connectivity index (χ1v) is 12.1. The summed E-state index contributed by atoms with van der Waals surface area (Å²) >= 11 is 0. The van der Waals surface area contributed by atoms with Gasteiger partial charge in [-0.2, -0.15) is 0 Å². The molecule has 0 unspecified atom stereocenters. The Morgan fingerprint density at radius 3 is 1.97 bits per heavy atom. The Bertz CT molecular complexity index is 1380. The molecular weight excluding hydrogens is 438 g/mol. The SMILES string of the molecule is COC(=O)[C@@H](CCS(=O)(=O)c1ccccc1)NC(=O)c1c2ccccc2cc2ccccc12. The Hall–Kier alpha value is -3.71. The molecule has 0 spiro atoms. The lowest BCUT2D eigenvalue weighted by atomic mass is 9.96. The quantitative estimate of drug-likeness (QED) is 0.330. The lowest BCUT2D eigenvalue weighted by Crippen LogP contribution is -2.42. The van der Waals surface area contributed by atoms with Crippen LogP contribution in [-0.4, -0.2) is 39.2 Å². The summed E-state index contributed by atoms with van der Waals surface area (Å²) in [6.45, 7) is 0. The predicted octanol–water partition coefficient (Wildman–Crippen LogP) is 4.13. The molecule has 168 valence electrons. The van der Waals surface area contributed by atoms with Gasteiger partial charge in [0.05, 0.1) is 23.3 Å². The van der Waals surface area contributed by atoms with Crippen LogP contribution in [0.5, 0.6) is 0 Å². The zero-order chi connectivity index (χ0) is 23.4. The summed E-state index contributed by atoms with van der Waals surface area (Å²) in [5.74, 6) is -1.47. The molecule has 0 saturated heterocycles. The number of carbonyl (C=O) groups is 2. The van der Waals surface area contributed by atoms with Gasteiger partial charge in [-0.05, 0) is 46.2 Å². The van der Waals surface area contributed by atoms with Crippen molar-refractivity contribution in [2.45, 2.75) is 17.4 Å². The van der Waals surface area contributed by atoms with Gasteiger partial charge in [-0.25, -0.2) is 13.2 Å². The molecule has 0 aliphatic heterocycles. The van der Waals surface area contributed by atoms with E-state index in [-0.39, 0.29) is 17.1 Å². The summed E-state index contributed by atoms with van der Waals surface area (Å²) in [6.07, 6.45) is -0.113. The molecule has 0 aliphatic rings. The monoisotopic (exact) mass is 461 g/mol. The lowest BCUT2D eigenvalue weighted by Gasteiger charge is -2.18. The molecule has 4 aromatic carbocycles. The smallest absolute Gasteiger partial charge is 0.328 e. The minimum absolute atomic E-state index is 0.113. The van der Waals surface area contributed by atoms with E-state index >= 15 is 0 Å². The number of carbonyl (C=O) groups excluding carboxylic acids is 2. The standard InChI is InChI=1S/C26H23NO5S/c1-32-26(29)23(15-16-33(30,31)20-11-3-2-4-12-20)27-25(28)24-21-13-7-5-9-18(21)17-19-10-6-8-14-22(19)24/h2-14,17,23H,15-16H2,1H3,(H,27,28)/t23-/m1/s1. The van der Waals surface area contributed by atoms with Crippen LogP contribution < -0.4 is 5.32 Å². The topological polar surface area (TPSA) is 89.5 Å². The second-order valence-electron chi connectivity index (χ2n) is 7.66. The van der Waals surface area contributed by atoms with Gasteiger partial charge in [0.15, 0.2) is 9.84 Å². The number of hydrogen-bond donors (Lipinski definition) is 1. The second kappa shape index (κ2) is 9.42. The fourth-order valence-electron chi connectivity index (χ4n) is 3.90. The number of esters is 1. The van der Waals surface area contributed by atoms with Crippen molar-refractivity contribution in [2.75, 3.05) is 12.9 Å². The first-order chi connectivity index (χ1) is 15.9. The normalized spacial score (nSPS) is 12.4. The minimum Gasteiger partial charge on any atom is -0.467 e.